The van der Waals surface area contributed by atoms with Crippen LogP contribution in [0.15, 0.2) is 18.2 Å². The molecule has 4 N–H and O–H groups in total. The molecule has 0 saturated heterocycles. The third kappa shape index (κ3) is 3.11. The van der Waals surface area contributed by atoms with Gasteiger partial charge in [0.25, 0.3) is 5.91 Å². The summed E-state index contributed by atoms with van der Waals surface area (Å²) < 4.78 is 6.21. The van der Waals surface area contributed by atoms with Gasteiger partial charge in [0, 0.05) is 23.3 Å². The number of methoxy groups -OCH3 is 1. The summed E-state index contributed by atoms with van der Waals surface area (Å²) in [7, 11) is 1.58. The lowest BCUT2D eigenvalue weighted by molar-refractivity contribution is 0.0916. The first-order valence-electron chi connectivity index (χ1n) is 6.63. The Morgan fingerprint density at radius 2 is 2.19 bits per heavy atom. The van der Waals surface area contributed by atoms with E-state index in [-0.39, 0.29) is 17.9 Å². The maximum atomic E-state index is 12.3. The summed E-state index contributed by atoms with van der Waals surface area (Å²) in [4.78, 5) is 12.8. The lowest BCUT2D eigenvalue weighted by Gasteiger charge is -2.21. The normalized spacial score (nSPS) is 11.6. The molecule has 21 heavy (non-hydrogen) atoms. The number of aliphatic hydroxyl groups is 1. The van der Waals surface area contributed by atoms with E-state index in [9.17, 15) is 9.90 Å². The first-order valence-corrected chi connectivity index (χ1v) is 7.45. The van der Waals surface area contributed by atoms with E-state index in [0.717, 1.165) is 10.1 Å². The van der Waals surface area contributed by atoms with Gasteiger partial charge in [-0.1, -0.05) is 19.9 Å². The van der Waals surface area contributed by atoms with Crippen molar-refractivity contribution in [2.45, 2.75) is 13.8 Å². The van der Waals surface area contributed by atoms with E-state index in [1.54, 1.807) is 7.11 Å². The van der Waals surface area contributed by atoms with E-state index < -0.39 is 0 Å². The zero-order valence-corrected chi connectivity index (χ0v) is 13.2. The van der Waals surface area contributed by atoms with E-state index in [4.69, 9.17) is 10.5 Å². The molecule has 5 nitrogen and oxygen atoms in total. The molecule has 6 heteroatoms. The van der Waals surface area contributed by atoms with E-state index >= 15 is 0 Å². The number of anilines is 1. The van der Waals surface area contributed by atoms with Crippen molar-refractivity contribution in [3.05, 3.63) is 23.1 Å². The van der Waals surface area contributed by atoms with Crippen molar-refractivity contribution < 1.29 is 14.6 Å². The number of nitrogens with one attached hydrogen (secondary N) is 1. The largest absolute Gasteiger partial charge is 0.496 e. The second kappa shape index (κ2) is 5.91. The van der Waals surface area contributed by atoms with Gasteiger partial charge < -0.3 is 20.9 Å². The van der Waals surface area contributed by atoms with Crippen molar-refractivity contribution >= 4 is 33.0 Å². The van der Waals surface area contributed by atoms with Crippen molar-refractivity contribution in [2.75, 3.05) is 26.0 Å². The minimum Gasteiger partial charge on any atom is -0.496 e. The minimum atomic E-state index is -0.362. The highest BCUT2D eigenvalue weighted by molar-refractivity contribution is 7.21. The van der Waals surface area contributed by atoms with Crippen LogP contribution in [0.3, 0.4) is 0 Å². The molecule has 2 aromatic rings. The number of nitrogen functional groups attached to an aromatic ring is 1. The number of carbonyl (C=O) groups is 1. The maximum absolute atomic E-state index is 12.3. The predicted octanol–water partition coefficient (Wildman–Crippen LogP) is 2.24. The molecule has 114 valence electrons. The van der Waals surface area contributed by atoms with Crippen LogP contribution in [0, 0.1) is 5.41 Å². The zero-order valence-electron chi connectivity index (χ0n) is 12.4. The van der Waals surface area contributed by atoms with E-state index in [1.165, 1.54) is 11.3 Å². The first-order chi connectivity index (χ1) is 9.89. The fourth-order valence-electron chi connectivity index (χ4n) is 1.93. The second-order valence-corrected chi connectivity index (χ2v) is 6.74. The predicted molar refractivity (Wildman–Crippen MR) is 86.0 cm³/mol. The van der Waals surface area contributed by atoms with Crippen LogP contribution in [-0.4, -0.2) is 31.3 Å². The maximum Gasteiger partial charge on any atom is 0.263 e. The number of rotatable bonds is 5. The molecule has 0 aliphatic heterocycles. The molecular weight excluding hydrogens is 288 g/mol. The molecule has 2 rings (SSSR count). The van der Waals surface area contributed by atoms with Gasteiger partial charge in [-0.25, -0.2) is 0 Å². The molecule has 1 heterocycles. The summed E-state index contributed by atoms with van der Waals surface area (Å²) in [6, 6.07) is 5.60. The second-order valence-electron chi connectivity index (χ2n) is 5.68. The molecular formula is C15H20N2O3S. The number of ether oxygens (including phenoxy) is 1. The molecule has 1 aromatic heterocycles. The van der Waals surface area contributed by atoms with Crippen molar-refractivity contribution in [1.29, 1.82) is 0 Å². The highest BCUT2D eigenvalue weighted by atomic mass is 32.1. The molecule has 1 amide bonds. The Kier molecular flexibility index (Phi) is 4.39. The van der Waals surface area contributed by atoms with Crippen molar-refractivity contribution in [2.24, 2.45) is 5.41 Å². The van der Waals surface area contributed by atoms with Gasteiger partial charge in [-0.05, 0) is 12.1 Å². The molecule has 0 fully saturated rings. The molecule has 1 aromatic carbocycles. The number of aliphatic hydroxyl groups excluding tert-OH is 1. The van der Waals surface area contributed by atoms with E-state index in [2.05, 4.69) is 5.32 Å². The highest BCUT2D eigenvalue weighted by Gasteiger charge is 2.22. The molecule has 0 atom stereocenters. The van der Waals surface area contributed by atoms with Crippen LogP contribution in [0.2, 0.25) is 0 Å². The van der Waals surface area contributed by atoms with Crippen molar-refractivity contribution in [1.82, 2.24) is 5.32 Å². The van der Waals surface area contributed by atoms with Gasteiger partial charge in [-0.3, -0.25) is 4.79 Å². The highest BCUT2D eigenvalue weighted by Crippen LogP contribution is 2.39. The van der Waals surface area contributed by atoms with Crippen LogP contribution >= 0.6 is 11.3 Å². The van der Waals surface area contributed by atoms with Crippen LogP contribution < -0.4 is 15.8 Å². The molecule has 0 radical (unpaired) electrons. The lowest BCUT2D eigenvalue weighted by Crippen LogP contribution is -2.35. The van der Waals surface area contributed by atoms with Gasteiger partial charge in [0.05, 0.1) is 18.2 Å². The number of hydrogen-bond donors (Lipinski definition) is 3. The quantitative estimate of drug-likeness (QED) is 0.791. The summed E-state index contributed by atoms with van der Waals surface area (Å²) in [6.07, 6.45) is 0. The van der Waals surface area contributed by atoms with Gasteiger partial charge in [-0.15, -0.1) is 11.3 Å². The van der Waals surface area contributed by atoms with Crippen LogP contribution in [0.5, 0.6) is 5.75 Å². The smallest absolute Gasteiger partial charge is 0.263 e. The Balaban J connectivity index is 2.30. The van der Waals surface area contributed by atoms with Crippen LogP contribution in [-0.2, 0) is 0 Å². The van der Waals surface area contributed by atoms with Crippen LogP contribution in [0.4, 0.5) is 5.69 Å². The number of amides is 1. The lowest BCUT2D eigenvalue weighted by atomic mass is 9.95. The third-order valence-corrected chi connectivity index (χ3v) is 4.47. The number of fused-ring (bicyclic) bond motifs is 1. The minimum absolute atomic E-state index is 0.00298. The number of carbonyl (C=O) groups excluding carboxylic acids is 1. The molecule has 0 unspecified atom stereocenters. The number of thiophene rings is 1. The third-order valence-electron chi connectivity index (χ3n) is 3.30. The average molecular weight is 308 g/mol. The summed E-state index contributed by atoms with van der Waals surface area (Å²) in [5, 5.41) is 12.8. The SMILES string of the molecule is COc1cccc2sc(C(=O)NCC(C)(C)CO)c(N)c12. The van der Waals surface area contributed by atoms with Crippen LogP contribution in [0.1, 0.15) is 23.5 Å². The average Bonchev–Trinajstić information content (AvgIpc) is 2.82. The van der Waals surface area contributed by atoms with Crippen LogP contribution in [0.25, 0.3) is 10.1 Å². The fraction of sp³-hybridized carbons (Fsp3) is 0.400. The fourth-order valence-corrected chi connectivity index (χ4v) is 2.99. The van der Waals surface area contributed by atoms with E-state index in [1.807, 2.05) is 32.0 Å². The standard InChI is InChI=1S/C15H20N2O3S/c1-15(2,8-18)7-17-14(19)13-12(16)11-9(20-3)5-4-6-10(11)21-13/h4-6,18H,7-8,16H2,1-3H3,(H,17,19). The summed E-state index contributed by atoms with van der Waals surface area (Å²) >= 11 is 1.34. The monoisotopic (exact) mass is 308 g/mol. The molecule has 0 bridgehead atoms. The molecule has 0 aliphatic carbocycles. The number of nitrogens with two attached hydrogens (primary N) is 1. The Hall–Kier alpha value is -1.79. The summed E-state index contributed by atoms with van der Waals surface area (Å²) in [6.45, 7) is 4.14. The Morgan fingerprint density at radius 1 is 1.48 bits per heavy atom. The Labute approximate surface area is 127 Å². The van der Waals surface area contributed by atoms with Crippen molar-refractivity contribution in [3.8, 4) is 5.75 Å². The van der Waals surface area contributed by atoms with Gasteiger partial charge in [0.1, 0.15) is 10.6 Å². The number of hydrogen-bond acceptors (Lipinski definition) is 5. The molecule has 0 aliphatic rings. The Morgan fingerprint density at radius 3 is 2.81 bits per heavy atom. The molecule has 0 spiro atoms. The van der Waals surface area contributed by atoms with Gasteiger partial charge in [-0.2, -0.15) is 0 Å². The van der Waals surface area contributed by atoms with E-state index in [0.29, 0.717) is 22.9 Å². The number of benzene rings is 1. The summed E-state index contributed by atoms with van der Waals surface area (Å²) in [5.74, 6) is 0.438. The molecule has 0 saturated carbocycles. The summed E-state index contributed by atoms with van der Waals surface area (Å²) in [5.41, 5.74) is 6.18. The van der Waals surface area contributed by atoms with Gasteiger partial charge in [0.2, 0.25) is 0 Å². The first kappa shape index (κ1) is 15.6. The zero-order chi connectivity index (χ0) is 15.6. The van der Waals surface area contributed by atoms with Gasteiger partial charge in [0.15, 0.2) is 0 Å². The van der Waals surface area contributed by atoms with Gasteiger partial charge >= 0.3 is 0 Å². The topological polar surface area (TPSA) is 84.6 Å². The Bertz CT molecular complexity index is 664. The van der Waals surface area contributed by atoms with Crippen molar-refractivity contribution in [3.63, 3.8) is 0 Å².